The van der Waals surface area contributed by atoms with Gasteiger partial charge in [0.05, 0.1) is 11.9 Å². The van der Waals surface area contributed by atoms with Crippen molar-refractivity contribution in [2.24, 2.45) is 5.92 Å². The number of carbonyl (C=O) groups is 1. The number of alkyl halides is 3. The fourth-order valence-corrected chi connectivity index (χ4v) is 3.86. The molecular formula is C21H20ClF3N4O2. The summed E-state index contributed by atoms with van der Waals surface area (Å²) in [6.45, 7) is 5.32. The Morgan fingerprint density at radius 1 is 1.29 bits per heavy atom. The Labute approximate surface area is 180 Å². The van der Waals surface area contributed by atoms with Gasteiger partial charge in [0, 0.05) is 16.1 Å². The van der Waals surface area contributed by atoms with Crippen LogP contribution in [0, 0.1) is 12.8 Å². The lowest BCUT2D eigenvalue weighted by atomic mass is 9.98. The lowest BCUT2D eigenvalue weighted by molar-refractivity contribution is -0.136. The van der Waals surface area contributed by atoms with E-state index in [1.165, 1.54) is 6.20 Å². The molecule has 0 spiro atoms. The summed E-state index contributed by atoms with van der Waals surface area (Å²) < 4.78 is 42.4. The van der Waals surface area contributed by atoms with Crippen LogP contribution in [0.4, 0.5) is 13.2 Å². The van der Waals surface area contributed by atoms with Crippen molar-refractivity contribution in [3.8, 4) is 11.3 Å². The van der Waals surface area contributed by atoms with E-state index in [1.54, 1.807) is 39.0 Å². The predicted octanol–water partition coefficient (Wildman–Crippen LogP) is 4.59. The molecule has 2 N–H and O–H groups in total. The SMILES string of the molecule is Cc1ccc(-c2cn3nc(C(=O)NC(C)(C)C4CC4)c(C(F)(F)F)c3c(=O)[nH]2)cc1Cl. The van der Waals surface area contributed by atoms with E-state index in [-0.39, 0.29) is 11.6 Å². The average Bonchev–Trinajstić information content (AvgIpc) is 3.43. The van der Waals surface area contributed by atoms with Crippen molar-refractivity contribution in [3.05, 3.63) is 56.6 Å². The molecule has 1 aromatic carbocycles. The largest absolute Gasteiger partial charge is 0.421 e. The van der Waals surface area contributed by atoms with Crippen LogP contribution >= 0.6 is 11.6 Å². The van der Waals surface area contributed by atoms with Gasteiger partial charge in [-0.3, -0.25) is 9.59 Å². The second kappa shape index (κ2) is 7.12. The number of carbonyl (C=O) groups excluding carboxylic acids is 1. The summed E-state index contributed by atoms with van der Waals surface area (Å²) >= 11 is 6.13. The molecule has 6 nitrogen and oxygen atoms in total. The van der Waals surface area contributed by atoms with Gasteiger partial charge in [-0.2, -0.15) is 18.3 Å². The maximum absolute atomic E-state index is 13.9. The van der Waals surface area contributed by atoms with E-state index in [9.17, 15) is 22.8 Å². The molecule has 2 heterocycles. The predicted molar refractivity (Wildman–Crippen MR) is 110 cm³/mol. The number of hydrogen-bond acceptors (Lipinski definition) is 3. The van der Waals surface area contributed by atoms with Gasteiger partial charge in [-0.15, -0.1) is 0 Å². The highest BCUT2D eigenvalue weighted by molar-refractivity contribution is 6.31. The summed E-state index contributed by atoms with van der Waals surface area (Å²) in [7, 11) is 0. The average molecular weight is 453 g/mol. The lowest BCUT2D eigenvalue weighted by Gasteiger charge is -2.25. The molecule has 31 heavy (non-hydrogen) atoms. The molecule has 3 aromatic rings. The summed E-state index contributed by atoms with van der Waals surface area (Å²) in [4.78, 5) is 27.9. The molecule has 10 heteroatoms. The molecule has 0 radical (unpaired) electrons. The van der Waals surface area contributed by atoms with Crippen molar-refractivity contribution in [2.75, 3.05) is 0 Å². The Balaban J connectivity index is 1.86. The molecule has 1 amide bonds. The number of aromatic amines is 1. The van der Waals surface area contributed by atoms with Gasteiger partial charge < -0.3 is 10.3 Å². The van der Waals surface area contributed by atoms with Crippen molar-refractivity contribution < 1.29 is 18.0 Å². The zero-order valence-electron chi connectivity index (χ0n) is 17.0. The standard InChI is InChI=1S/C21H20ClF3N4O2/c1-10-4-5-11(8-13(10)22)14-9-29-17(19(31)26-14)15(21(23,24)25)16(28-29)18(30)27-20(2,3)12-6-7-12/h4-5,8-9,12H,6-7H2,1-3H3,(H,26,31)(H,27,30). The number of nitrogens with zero attached hydrogens (tertiary/aromatic N) is 2. The van der Waals surface area contributed by atoms with Crippen LogP contribution in [0.15, 0.2) is 29.2 Å². The lowest BCUT2D eigenvalue weighted by Crippen LogP contribution is -2.45. The Morgan fingerprint density at radius 3 is 2.55 bits per heavy atom. The fraction of sp³-hybridized carbons (Fsp3) is 0.381. The highest BCUT2D eigenvalue weighted by atomic mass is 35.5. The zero-order chi connectivity index (χ0) is 22.7. The second-order valence-corrected chi connectivity index (χ2v) is 8.83. The van der Waals surface area contributed by atoms with Crippen LogP contribution in [0.2, 0.25) is 5.02 Å². The summed E-state index contributed by atoms with van der Waals surface area (Å²) in [5, 5.41) is 6.95. The third kappa shape index (κ3) is 3.94. The summed E-state index contributed by atoms with van der Waals surface area (Å²) in [6, 6.07) is 5.00. The van der Waals surface area contributed by atoms with E-state index in [1.807, 2.05) is 0 Å². The van der Waals surface area contributed by atoms with Crippen molar-refractivity contribution in [3.63, 3.8) is 0 Å². The highest BCUT2D eigenvalue weighted by Crippen LogP contribution is 2.40. The van der Waals surface area contributed by atoms with Gasteiger partial charge in [0.1, 0.15) is 11.1 Å². The first kappa shape index (κ1) is 21.4. The van der Waals surface area contributed by atoms with Gasteiger partial charge in [0.25, 0.3) is 11.5 Å². The number of halogens is 4. The molecule has 1 aliphatic carbocycles. The van der Waals surface area contributed by atoms with Gasteiger partial charge in [0.2, 0.25) is 0 Å². The number of H-pyrrole nitrogens is 1. The van der Waals surface area contributed by atoms with Crippen molar-refractivity contribution in [1.29, 1.82) is 0 Å². The zero-order valence-corrected chi connectivity index (χ0v) is 17.8. The minimum atomic E-state index is -4.94. The molecule has 0 unspecified atom stereocenters. The van der Waals surface area contributed by atoms with E-state index in [0.29, 0.717) is 10.6 Å². The quantitative estimate of drug-likeness (QED) is 0.607. The highest BCUT2D eigenvalue weighted by Gasteiger charge is 2.44. The third-order valence-electron chi connectivity index (χ3n) is 5.64. The minimum Gasteiger partial charge on any atom is -0.345 e. The monoisotopic (exact) mass is 452 g/mol. The van der Waals surface area contributed by atoms with Crippen LogP contribution in [0.25, 0.3) is 16.8 Å². The van der Waals surface area contributed by atoms with Crippen LogP contribution < -0.4 is 10.9 Å². The fourth-order valence-electron chi connectivity index (χ4n) is 3.67. The maximum atomic E-state index is 13.9. The topological polar surface area (TPSA) is 79.3 Å². The molecule has 0 aliphatic heterocycles. The number of rotatable bonds is 4. The maximum Gasteiger partial charge on any atom is 0.421 e. The molecule has 0 saturated heterocycles. The first-order valence-electron chi connectivity index (χ1n) is 9.70. The number of fused-ring (bicyclic) bond motifs is 1. The van der Waals surface area contributed by atoms with E-state index in [0.717, 1.165) is 22.9 Å². The number of amides is 1. The molecular weight excluding hydrogens is 433 g/mol. The molecule has 1 aliphatic rings. The molecule has 1 saturated carbocycles. The van der Waals surface area contributed by atoms with E-state index in [4.69, 9.17) is 11.6 Å². The number of aryl methyl sites for hydroxylation is 1. The van der Waals surface area contributed by atoms with Crippen LogP contribution in [-0.4, -0.2) is 26.0 Å². The van der Waals surface area contributed by atoms with Gasteiger partial charge in [0.15, 0.2) is 5.69 Å². The van der Waals surface area contributed by atoms with Crippen LogP contribution in [0.5, 0.6) is 0 Å². The summed E-state index contributed by atoms with van der Waals surface area (Å²) in [6.07, 6.45) is -1.91. The van der Waals surface area contributed by atoms with Gasteiger partial charge in [-0.25, -0.2) is 4.52 Å². The van der Waals surface area contributed by atoms with E-state index < -0.39 is 40.0 Å². The van der Waals surface area contributed by atoms with E-state index >= 15 is 0 Å². The Kier molecular flexibility index (Phi) is 4.92. The first-order chi connectivity index (χ1) is 14.4. The second-order valence-electron chi connectivity index (χ2n) is 8.43. The van der Waals surface area contributed by atoms with Crippen molar-refractivity contribution in [2.45, 2.75) is 45.3 Å². The Bertz CT molecular complexity index is 1260. The van der Waals surface area contributed by atoms with Crippen molar-refractivity contribution in [1.82, 2.24) is 19.9 Å². The minimum absolute atomic E-state index is 0.198. The third-order valence-corrected chi connectivity index (χ3v) is 6.05. The van der Waals surface area contributed by atoms with E-state index in [2.05, 4.69) is 15.4 Å². The molecule has 0 atom stereocenters. The molecule has 1 fully saturated rings. The summed E-state index contributed by atoms with van der Waals surface area (Å²) in [5.41, 5.74) is -3.06. The number of nitrogens with one attached hydrogen (secondary N) is 2. The number of aromatic nitrogens is 3. The van der Waals surface area contributed by atoms with Crippen LogP contribution in [0.1, 0.15) is 48.3 Å². The van der Waals surface area contributed by atoms with Gasteiger partial charge in [-0.1, -0.05) is 23.7 Å². The van der Waals surface area contributed by atoms with Gasteiger partial charge in [-0.05, 0) is 51.2 Å². The Morgan fingerprint density at radius 2 is 1.97 bits per heavy atom. The van der Waals surface area contributed by atoms with Crippen molar-refractivity contribution >= 4 is 23.0 Å². The summed E-state index contributed by atoms with van der Waals surface area (Å²) in [5.74, 6) is -0.767. The first-order valence-corrected chi connectivity index (χ1v) is 10.1. The Hall–Kier alpha value is -2.81. The molecule has 2 aromatic heterocycles. The molecule has 0 bridgehead atoms. The van der Waals surface area contributed by atoms with Crippen LogP contribution in [-0.2, 0) is 6.18 Å². The molecule has 164 valence electrons. The number of hydrogen-bond donors (Lipinski definition) is 2. The molecule has 4 rings (SSSR count). The number of benzene rings is 1. The van der Waals surface area contributed by atoms with Gasteiger partial charge >= 0.3 is 6.18 Å². The normalized spacial score (nSPS) is 14.8. The van der Waals surface area contributed by atoms with Crippen LogP contribution in [0.3, 0.4) is 0 Å². The smallest absolute Gasteiger partial charge is 0.345 e.